The van der Waals surface area contributed by atoms with Crippen LogP contribution in [0.4, 0.5) is 35.1 Å². The van der Waals surface area contributed by atoms with Crippen molar-refractivity contribution in [2.45, 2.75) is 25.3 Å². The Labute approximate surface area is 227 Å². The van der Waals surface area contributed by atoms with Crippen LogP contribution in [0.2, 0.25) is 5.02 Å². The van der Waals surface area contributed by atoms with Crippen molar-refractivity contribution in [3.8, 4) is 11.3 Å². The first-order valence-corrected chi connectivity index (χ1v) is 12.1. The lowest BCUT2D eigenvalue weighted by molar-refractivity contribution is -0.138. The van der Waals surface area contributed by atoms with E-state index in [1.165, 1.54) is 47.1 Å². The van der Waals surface area contributed by atoms with Crippen LogP contribution in [-0.2, 0) is 25.3 Å². The average Bonchev–Trinajstić information content (AvgIpc) is 3.22. The minimum absolute atomic E-state index is 0.109. The maximum atomic E-state index is 14.6. The predicted octanol–water partition coefficient (Wildman–Crippen LogP) is 9.31. The van der Waals surface area contributed by atoms with Gasteiger partial charge in [-0.3, -0.25) is 4.68 Å². The summed E-state index contributed by atoms with van der Waals surface area (Å²) in [6.45, 7) is -0.253. The normalized spacial score (nSPS) is 12.3. The molecule has 0 radical (unpaired) electrons. The van der Waals surface area contributed by atoms with E-state index in [1.807, 2.05) is 0 Å². The van der Waals surface area contributed by atoms with E-state index in [0.717, 1.165) is 24.3 Å². The summed E-state index contributed by atoms with van der Waals surface area (Å²) in [4.78, 5) is 0. The molecule has 0 saturated carbocycles. The summed E-state index contributed by atoms with van der Waals surface area (Å²) in [6, 6.07) is 15.7. The quantitative estimate of drug-likeness (QED) is 0.189. The van der Waals surface area contributed by atoms with E-state index >= 15 is 0 Å². The number of rotatable bonds is 5. The van der Waals surface area contributed by atoms with Crippen LogP contribution < -0.4 is 0 Å². The lowest BCUT2D eigenvalue weighted by Gasteiger charge is -2.14. The molecular weight excluding hydrogens is 564 g/mol. The van der Waals surface area contributed by atoms with Gasteiger partial charge in [0.1, 0.15) is 17.2 Å². The van der Waals surface area contributed by atoms with Gasteiger partial charge in [0.05, 0.1) is 23.4 Å². The van der Waals surface area contributed by atoms with Crippen molar-refractivity contribution in [2.75, 3.05) is 0 Å². The Balaban J connectivity index is 1.66. The van der Waals surface area contributed by atoms with Gasteiger partial charge in [0.15, 0.2) is 0 Å². The highest BCUT2D eigenvalue weighted by molar-refractivity contribution is 6.30. The molecule has 206 valence electrons. The Bertz CT molecular complexity index is 1720. The molecule has 1 heterocycles. The fourth-order valence-corrected chi connectivity index (χ4v) is 4.80. The molecule has 0 saturated heterocycles. The molecule has 5 aromatic rings. The van der Waals surface area contributed by atoms with E-state index in [1.54, 1.807) is 6.07 Å². The molecule has 0 aliphatic carbocycles. The Kier molecular flexibility index (Phi) is 7.08. The molecule has 0 N–H and O–H groups in total. The van der Waals surface area contributed by atoms with Crippen LogP contribution in [0.5, 0.6) is 0 Å². The molecule has 5 rings (SSSR count). The minimum Gasteiger partial charge on any atom is -0.259 e. The predicted molar refractivity (Wildman–Crippen MR) is 135 cm³/mol. The van der Waals surface area contributed by atoms with Crippen molar-refractivity contribution in [1.29, 1.82) is 0 Å². The van der Waals surface area contributed by atoms with E-state index in [9.17, 15) is 35.1 Å². The van der Waals surface area contributed by atoms with E-state index in [2.05, 4.69) is 5.10 Å². The van der Waals surface area contributed by atoms with Gasteiger partial charge in [-0.25, -0.2) is 8.78 Å². The van der Waals surface area contributed by atoms with Crippen LogP contribution in [0.1, 0.15) is 27.8 Å². The van der Waals surface area contributed by atoms with Crippen LogP contribution in [0, 0.1) is 11.6 Å². The van der Waals surface area contributed by atoms with Gasteiger partial charge >= 0.3 is 12.4 Å². The summed E-state index contributed by atoms with van der Waals surface area (Å²) in [5.74, 6) is -1.53. The summed E-state index contributed by atoms with van der Waals surface area (Å²) >= 11 is 5.83. The second-order valence-corrected chi connectivity index (χ2v) is 9.55. The second-order valence-electron chi connectivity index (χ2n) is 9.12. The Morgan fingerprint density at radius 2 is 1.45 bits per heavy atom. The molecule has 0 spiro atoms. The smallest absolute Gasteiger partial charge is 0.259 e. The van der Waals surface area contributed by atoms with Gasteiger partial charge < -0.3 is 0 Å². The monoisotopic (exact) mass is 580 g/mol. The number of nitrogens with zero attached hydrogens (tertiary/aromatic N) is 2. The fourth-order valence-electron chi connectivity index (χ4n) is 4.64. The maximum Gasteiger partial charge on any atom is 0.418 e. The summed E-state index contributed by atoms with van der Waals surface area (Å²) in [5.41, 5.74) is -1.67. The van der Waals surface area contributed by atoms with Gasteiger partial charge in [0.2, 0.25) is 0 Å². The van der Waals surface area contributed by atoms with Crippen molar-refractivity contribution in [2.24, 2.45) is 0 Å². The molecule has 0 bridgehead atoms. The zero-order valence-corrected chi connectivity index (χ0v) is 21.0. The van der Waals surface area contributed by atoms with E-state index in [4.69, 9.17) is 11.6 Å². The molecule has 4 aromatic carbocycles. The van der Waals surface area contributed by atoms with Crippen molar-refractivity contribution in [1.82, 2.24) is 9.78 Å². The summed E-state index contributed by atoms with van der Waals surface area (Å²) in [7, 11) is 0. The van der Waals surface area contributed by atoms with Crippen molar-refractivity contribution in [3.05, 3.63) is 123 Å². The van der Waals surface area contributed by atoms with Crippen molar-refractivity contribution in [3.63, 3.8) is 0 Å². The molecule has 11 heteroatoms. The Hall–Kier alpha value is -3.92. The number of halogens is 9. The number of hydrogen-bond donors (Lipinski definition) is 0. The Morgan fingerprint density at radius 3 is 2.15 bits per heavy atom. The van der Waals surface area contributed by atoms with E-state index in [-0.39, 0.29) is 45.7 Å². The highest BCUT2D eigenvalue weighted by atomic mass is 35.5. The van der Waals surface area contributed by atoms with Crippen LogP contribution in [-0.4, -0.2) is 9.78 Å². The van der Waals surface area contributed by atoms with Gasteiger partial charge in [-0.05, 0) is 60.0 Å². The Morgan fingerprint density at radius 1 is 0.725 bits per heavy atom. The first-order valence-electron chi connectivity index (χ1n) is 11.8. The number of benzene rings is 4. The van der Waals surface area contributed by atoms with Crippen LogP contribution in [0.15, 0.2) is 78.9 Å². The molecular formula is C29H17ClF8N2. The standard InChI is InChI=1S/C29H17ClF8N2/c30-20-8-7-18(25(32)14-20)15-40-27(22-5-2-6-24(26(22)39-40)29(36,37)38)17-4-1-3-16(11-17)12-19-13-21(31)9-10-23(19)28(33,34)35/h1-11,13-14H,12,15H2. The van der Waals surface area contributed by atoms with Crippen molar-refractivity contribution >= 4 is 22.5 Å². The van der Waals surface area contributed by atoms with Gasteiger partial charge in [-0.1, -0.05) is 48.0 Å². The molecule has 0 aliphatic rings. The van der Waals surface area contributed by atoms with Crippen LogP contribution >= 0.6 is 11.6 Å². The molecule has 2 nitrogen and oxygen atoms in total. The number of alkyl halides is 6. The topological polar surface area (TPSA) is 17.8 Å². The number of hydrogen-bond acceptors (Lipinski definition) is 1. The molecule has 40 heavy (non-hydrogen) atoms. The van der Waals surface area contributed by atoms with E-state index < -0.39 is 35.1 Å². The summed E-state index contributed by atoms with van der Waals surface area (Å²) < 4.78 is 112. The third-order valence-corrected chi connectivity index (χ3v) is 6.61. The first kappa shape index (κ1) is 27.6. The van der Waals surface area contributed by atoms with Crippen LogP contribution in [0.25, 0.3) is 22.2 Å². The fraction of sp³-hybridized carbons (Fsp3) is 0.138. The number of aromatic nitrogens is 2. The van der Waals surface area contributed by atoms with Gasteiger partial charge in [-0.15, -0.1) is 0 Å². The third-order valence-electron chi connectivity index (χ3n) is 6.38. The average molecular weight is 581 g/mol. The van der Waals surface area contributed by atoms with Gasteiger partial charge in [0.25, 0.3) is 0 Å². The summed E-state index contributed by atoms with van der Waals surface area (Å²) in [6.07, 6.45) is -9.74. The number of fused-ring (bicyclic) bond motifs is 1. The zero-order valence-electron chi connectivity index (χ0n) is 20.2. The minimum atomic E-state index is -4.73. The lowest BCUT2D eigenvalue weighted by Crippen LogP contribution is -2.10. The maximum absolute atomic E-state index is 14.6. The van der Waals surface area contributed by atoms with Gasteiger partial charge in [0, 0.05) is 21.5 Å². The SMILES string of the molecule is Fc1ccc(C(F)(F)F)c(Cc2cccc(-c3c4cccc(C(F)(F)F)c4nn3Cc3ccc(Cl)cc3F)c2)c1. The molecule has 0 atom stereocenters. The molecule has 0 aliphatic heterocycles. The molecule has 0 fully saturated rings. The highest BCUT2D eigenvalue weighted by Crippen LogP contribution is 2.39. The lowest BCUT2D eigenvalue weighted by atomic mass is 9.96. The summed E-state index contributed by atoms with van der Waals surface area (Å²) in [5, 5.41) is 4.43. The highest BCUT2D eigenvalue weighted by Gasteiger charge is 2.35. The largest absolute Gasteiger partial charge is 0.418 e. The first-order chi connectivity index (χ1) is 18.8. The van der Waals surface area contributed by atoms with E-state index in [0.29, 0.717) is 17.2 Å². The second kappa shape index (κ2) is 10.2. The molecule has 0 amide bonds. The molecule has 0 unspecified atom stereocenters. The van der Waals surface area contributed by atoms with Crippen molar-refractivity contribution < 1.29 is 35.1 Å². The zero-order chi connectivity index (χ0) is 28.8. The van der Waals surface area contributed by atoms with Crippen LogP contribution in [0.3, 0.4) is 0 Å². The third kappa shape index (κ3) is 5.54. The van der Waals surface area contributed by atoms with Gasteiger partial charge in [-0.2, -0.15) is 31.4 Å². The molecule has 1 aromatic heterocycles.